The SMILES string of the molecule is NC(=O)OC1C=Cc2ccccc21. The topological polar surface area (TPSA) is 52.3 Å². The molecule has 3 heteroatoms. The molecule has 0 saturated heterocycles. The minimum absolute atomic E-state index is 0.311. The second-order valence-electron chi connectivity index (χ2n) is 2.85. The monoisotopic (exact) mass is 175 g/mol. The zero-order valence-corrected chi connectivity index (χ0v) is 6.94. The van der Waals surface area contributed by atoms with Gasteiger partial charge in [-0.2, -0.15) is 0 Å². The maximum absolute atomic E-state index is 10.5. The van der Waals surface area contributed by atoms with Crippen LogP contribution in [0, 0.1) is 0 Å². The van der Waals surface area contributed by atoms with Crippen molar-refractivity contribution in [3.05, 3.63) is 41.5 Å². The van der Waals surface area contributed by atoms with Crippen molar-refractivity contribution < 1.29 is 9.53 Å². The largest absolute Gasteiger partial charge is 0.437 e. The average Bonchev–Trinajstić information content (AvgIpc) is 2.48. The average molecular weight is 175 g/mol. The summed E-state index contributed by atoms with van der Waals surface area (Å²) in [6.07, 6.45) is 2.68. The van der Waals surface area contributed by atoms with Crippen molar-refractivity contribution in [2.75, 3.05) is 0 Å². The molecule has 2 rings (SSSR count). The van der Waals surface area contributed by atoms with Crippen molar-refractivity contribution in [3.63, 3.8) is 0 Å². The zero-order valence-electron chi connectivity index (χ0n) is 6.94. The van der Waals surface area contributed by atoms with Gasteiger partial charge < -0.3 is 10.5 Å². The van der Waals surface area contributed by atoms with E-state index in [-0.39, 0.29) is 6.10 Å². The fourth-order valence-electron chi connectivity index (χ4n) is 1.44. The molecule has 1 aromatic rings. The molecule has 0 saturated carbocycles. The van der Waals surface area contributed by atoms with Gasteiger partial charge in [0.15, 0.2) is 0 Å². The van der Waals surface area contributed by atoms with Crippen molar-refractivity contribution in [1.82, 2.24) is 0 Å². The lowest BCUT2D eigenvalue weighted by Gasteiger charge is -2.09. The molecular formula is C10H9NO2. The number of carbonyl (C=O) groups is 1. The lowest BCUT2D eigenvalue weighted by Crippen LogP contribution is -2.15. The van der Waals surface area contributed by atoms with Crippen LogP contribution in [0.1, 0.15) is 17.2 Å². The van der Waals surface area contributed by atoms with Crippen LogP contribution in [0.3, 0.4) is 0 Å². The molecule has 1 aromatic carbocycles. The van der Waals surface area contributed by atoms with Crippen LogP contribution in [-0.4, -0.2) is 6.09 Å². The van der Waals surface area contributed by atoms with Crippen LogP contribution in [0.4, 0.5) is 4.79 Å². The van der Waals surface area contributed by atoms with E-state index in [9.17, 15) is 4.79 Å². The van der Waals surface area contributed by atoms with E-state index < -0.39 is 6.09 Å². The molecule has 0 aromatic heterocycles. The predicted octanol–water partition coefficient (Wildman–Crippen LogP) is 1.85. The summed E-state index contributed by atoms with van der Waals surface area (Å²) >= 11 is 0. The summed E-state index contributed by atoms with van der Waals surface area (Å²) in [6.45, 7) is 0. The first kappa shape index (κ1) is 7.86. The molecule has 66 valence electrons. The molecule has 0 spiro atoms. The molecule has 1 atom stereocenters. The summed E-state index contributed by atoms with van der Waals surface area (Å²) in [4.78, 5) is 10.5. The van der Waals surface area contributed by atoms with Gasteiger partial charge in [0, 0.05) is 5.56 Å². The third kappa shape index (κ3) is 1.40. The van der Waals surface area contributed by atoms with Gasteiger partial charge in [0.1, 0.15) is 6.10 Å². The number of ether oxygens (including phenoxy) is 1. The molecule has 1 aliphatic rings. The number of primary amides is 1. The normalized spacial score (nSPS) is 18.3. The molecule has 13 heavy (non-hydrogen) atoms. The van der Waals surface area contributed by atoms with Gasteiger partial charge in [0.25, 0.3) is 0 Å². The number of nitrogens with two attached hydrogens (primary N) is 1. The van der Waals surface area contributed by atoms with Gasteiger partial charge in [-0.3, -0.25) is 0 Å². The van der Waals surface area contributed by atoms with Crippen LogP contribution in [0.25, 0.3) is 6.08 Å². The summed E-state index contributed by atoms with van der Waals surface area (Å²) in [7, 11) is 0. The number of rotatable bonds is 1. The van der Waals surface area contributed by atoms with Crippen LogP contribution in [0.2, 0.25) is 0 Å². The Morgan fingerprint density at radius 1 is 1.38 bits per heavy atom. The summed E-state index contributed by atoms with van der Waals surface area (Å²) < 4.78 is 4.89. The molecule has 0 fully saturated rings. The van der Waals surface area contributed by atoms with Gasteiger partial charge in [-0.1, -0.05) is 30.3 Å². The Morgan fingerprint density at radius 2 is 2.15 bits per heavy atom. The van der Waals surface area contributed by atoms with E-state index in [1.54, 1.807) is 0 Å². The highest BCUT2D eigenvalue weighted by Crippen LogP contribution is 2.30. The Hall–Kier alpha value is -1.77. The number of hydrogen-bond acceptors (Lipinski definition) is 2. The summed E-state index contributed by atoms with van der Waals surface area (Å²) in [5.74, 6) is 0. The molecule has 3 nitrogen and oxygen atoms in total. The molecule has 1 aliphatic carbocycles. The summed E-state index contributed by atoms with van der Waals surface area (Å²) in [6, 6.07) is 7.73. The number of fused-ring (bicyclic) bond motifs is 1. The summed E-state index contributed by atoms with van der Waals surface area (Å²) in [5.41, 5.74) is 7.00. The lowest BCUT2D eigenvalue weighted by atomic mass is 10.1. The number of carbonyl (C=O) groups excluding carboxylic acids is 1. The molecule has 1 unspecified atom stereocenters. The van der Waals surface area contributed by atoms with Gasteiger partial charge >= 0.3 is 6.09 Å². The van der Waals surface area contributed by atoms with Crippen molar-refractivity contribution in [1.29, 1.82) is 0 Å². The highest BCUT2D eigenvalue weighted by Gasteiger charge is 2.18. The molecular weight excluding hydrogens is 166 g/mol. The van der Waals surface area contributed by atoms with Crippen molar-refractivity contribution in [3.8, 4) is 0 Å². The second kappa shape index (κ2) is 2.94. The molecule has 0 bridgehead atoms. The van der Waals surface area contributed by atoms with Crippen molar-refractivity contribution in [2.45, 2.75) is 6.10 Å². The first-order valence-corrected chi connectivity index (χ1v) is 4.00. The Morgan fingerprint density at radius 3 is 2.92 bits per heavy atom. The Bertz CT molecular complexity index is 371. The van der Waals surface area contributed by atoms with Gasteiger partial charge in [0.05, 0.1) is 0 Å². The third-order valence-corrected chi connectivity index (χ3v) is 2.00. The van der Waals surface area contributed by atoms with Crippen LogP contribution < -0.4 is 5.73 Å². The maximum Gasteiger partial charge on any atom is 0.405 e. The predicted molar refractivity (Wildman–Crippen MR) is 48.9 cm³/mol. The van der Waals surface area contributed by atoms with E-state index >= 15 is 0 Å². The van der Waals surface area contributed by atoms with Crippen LogP contribution in [-0.2, 0) is 4.74 Å². The zero-order chi connectivity index (χ0) is 9.26. The number of benzene rings is 1. The van der Waals surface area contributed by atoms with E-state index in [1.165, 1.54) is 0 Å². The Balaban J connectivity index is 2.28. The highest BCUT2D eigenvalue weighted by molar-refractivity contribution is 5.68. The van der Waals surface area contributed by atoms with Crippen LogP contribution in [0.5, 0.6) is 0 Å². The van der Waals surface area contributed by atoms with Crippen molar-refractivity contribution >= 4 is 12.2 Å². The van der Waals surface area contributed by atoms with E-state index in [4.69, 9.17) is 10.5 Å². The smallest absolute Gasteiger partial charge is 0.405 e. The molecule has 0 heterocycles. The number of amides is 1. The summed E-state index contributed by atoms with van der Waals surface area (Å²) in [5, 5.41) is 0. The quantitative estimate of drug-likeness (QED) is 0.708. The Kier molecular flexibility index (Phi) is 1.77. The fourth-order valence-corrected chi connectivity index (χ4v) is 1.44. The lowest BCUT2D eigenvalue weighted by molar-refractivity contribution is 0.131. The van der Waals surface area contributed by atoms with Crippen LogP contribution in [0.15, 0.2) is 30.3 Å². The van der Waals surface area contributed by atoms with E-state index in [0.29, 0.717) is 0 Å². The van der Waals surface area contributed by atoms with E-state index in [2.05, 4.69) is 0 Å². The fraction of sp³-hybridized carbons (Fsp3) is 0.100. The molecule has 2 N–H and O–H groups in total. The molecule has 0 radical (unpaired) electrons. The number of hydrogen-bond donors (Lipinski definition) is 1. The minimum Gasteiger partial charge on any atom is -0.437 e. The minimum atomic E-state index is -0.744. The standard InChI is InChI=1S/C10H9NO2/c11-10(12)13-9-6-5-7-3-1-2-4-8(7)9/h1-6,9H,(H2,11,12). The van der Waals surface area contributed by atoms with Gasteiger partial charge in [0.2, 0.25) is 0 Å². The highest BCUT2D eigenvalue weighted by atomic mass is 16.6. The van der Waals surface area contributed by atoms with E-state index in [0.717, 1.165) is 11.1 Å². The second-order valence-corrected chi connectivity index (χ2v) is 2.85. The first-order chi connectivity index (χ1) is 6.27. The van der Waals surface area contributed by atoms with E-state index in [1.807, 2.05) is 36.4 Å². The van der Waals surface area contributed by atoms with Crippen LogP contribution >= 0.6 is 0 Å². The molecule has 1 amide bonds. The Labute approximate surface area is 75.8 Å². The van der Waals surface area contributed by atoms with Gasteiger partial charge in [-0.05, 0) is 11.6 Å². The third-order valence-electron chi connectivity index (χ3n) is 2.00. The first-order valence-electron chi connectivity index (χ1n) is 4.00. The van der Waals surface area contributed by atoms with Gasteiger partial charge in [-0.15, -0.1) is 0 Å². The molecule has 0 aliphatic heterocycles. The van der Waals surface area contributed by atoms with Gasteiger partial charge in [-0.25, -0.2) is 4.79 Å². The van der Waals surface area contributed by atoms with Crippen molar-refractivity contribution in [2.24, 2.45) is 5.73 Å². The maximum atomic E-state index is 10.5.